The Hall–Kier alpha value is 1.00. The SMILES string of the molecule is [CH2]CCCCCC(C)CCCCCCCCC.[NaH]. The van der Waals surface area contributed by atoms with Gasteiger partial charge in [0.25, 0.3) is 0 Å². The molecule has 0 saturated heterocycles. The summed E-state index contributed by atoms with van der Waals surface area (Å²) in [4.78, 5) is 0. The van der Waals surface area contributed by atoms with Gasteiger partial charge in [-0.3, -0.25) is 0 Å². The van der Waals surface area contributed by atoms with Gasteiger partial charge in [0, 0.05) is 0 Å². The second-order valence-electron chi connectivity index (χ2n) is 5.72. The van der Waals surface area contributed by atoms with Crippen LogP contribution in [0, 0.1) is 12.8 Å². The van der Waals surface area contributed by atoms with Gasteiger partial charge < -0.3 is 0 Å². The summed E-state index contributed by atoms with van der Waals surface area (Å²) in [5.41, 5.74) is 0. The first kappa shape index (κ1) is 21.3. The second-order valence-corrected chi connectivity index (χ2v) is 5.72. The van der Waals surface area contributed by atoms with E-state index in [9.17, 15) is 0 Å². The Kier molecular flexibility index (Phi) is 21.3. The van der Waals surface area contributed by atoms with Gasteiger partial charge >= 0.3 is 29.6 Å². The fraction of sp³-hybridized carbons (Fsp3) is 0.941. The molecule has 1 unspecified atom stereocenters. The van der Waals surface area contributed by atoms with Crippen LogP contribution in [0.25, 0.3) is 0 Å². The Morgan fingerprint density at radius 1 is 0.722 bits per heavy atom. The zero-order valence-corrected chi connectivity index (χ0v) is 12.5. The summed E-state index contributed by atoms with van der Waals surface area (Å²) in [5.74, 6) is 0.954. The van der Waals surface area contributed by atoms with Gasteiger partial charge in [0.05, 0.1) is 0 Å². The average Bonchev–Trinajstić information content (AvgIpc) is 2.33. The fourth-order valence-electron chi connectivity index (χ4n) is 2.44. The van der Waals surface area contributed by atoms with E-state index in [1.54, 1.807) is 0 Å². The predicted octanol–water partition coefficient (Wildman–Crippen LogP) is 5.90. The molecule has 18 heavy (non-hydrogen) atoms. The van der Waals surface area contributed by atoms with Gasteiger partial charge in [0.1, 0.15) is 0 Å². The van der Waals surface area contributed by atoms with Crippen LogP contribution in [0.2, 0.25) is 0 Å². The maximum absolute atomic E-state index is 3.89. The molecule has 1 atom stereocenters. The van der Waals surface area contributed by atoms with Gasteiger partial charge in [-0.15, -0.1) is 0 Å². The molecule has 0 heterocycles. The van der Waals surface area contributed by atoms with Crippen molar-refractivity contribution < 1.29 is 0 Å². The number of hydrogen-bond donors (Lipinski definition) is 0. The Bertz CT molecular complexity index is 134. The summed E-state index contributed by atoms with van der Waals surface area (Å²) in [7, 11) is 0. The van der Waals surface area contributed by atoms with Gasteiger partial charge in [0.15, 0.2) is 0 Å². The molecule has 0 N–H and O–H groups in total. The molecule has 0 amide bonds. The van der Waals surface area contributed by atoms with E-state index in [2.05, 4.69) is 20.8 Å². The van der Waals surface area contributed by atoms with Crippen LogP contribution in [-0.4, -0.2) is 29.6 Å². The Morgan fingerprint density at radius 2 is 1.17 bits per heavy atom. The summed E-state index contributed by atoms with van der Waals surface area (Å²) < 4.78 is 0. The van der Waals surface area contributed by atoms with Crippen molar-refractivity contribution in [1.29, 1.82) is 0 Å². The Morgan fingerprint density at radius 3 is 1.67 bits per heavy atom. The fourth-order valence-corrected chi connectivity index (χ4v) is 2.44. The summed E-state index contributed by atoms with van der Waals surface area (Å²) in [6, 6.07) is 0. The molecule has 0 aliphatic heterocycles. The van der Waals surface area contributed by atoms with Crippen LogP contribution < -0.4 is 0 Å². The second kappa shape index (κ2) is 18.0. The van der Waals surface area contributed by atoms with E-state index in [1.165, 1.54) is 77.0 Å². The molecule has 0 aliphatic carbocycles. The van der Waals surface area contributed by atoms with E-state index < -0.39 is 0 Å². The molecular weight excluding hydrogens is 227 g/mol. The number of unbranched alkanes of at least 4 members (excludes halogenated alkanes) is 9. The minimum atomic E-state index is 0. The van der Waals surface area contributed by atoms with Crippen LogP contribution >= 0.6 is 0 Å². The van der Waals surface area contributed by atoms with Crippen LogP contribution in [0.4, 0.5) is 0 Å². The van der Waals surface area contributed by atoms with E-state index in [4.69, 9.17) is 0 Å². The quantitative estimate of drug-likeness (QED) is 0.287. The monoisotopic (exact) mass is 263 g/mol. The topological polar surface area (TPSA) is 0 Å². The van der Waals surface area contributed by atoms with Crippen LogP contribution in [-0.2, 0) is 0 Å². The zero-order valence-electron chi connectivity index (χ0n) is 12.5. The summed E-state index contributed by atoms with van der Waals surface area (Å²) in [5, 5.41) is 0. The van der Waals surface area contributed by atoms with Crippen LogP contribution in [0.5, 0.6) is 0 Å². The summed E-state index contributed by atoms with van der Waals surface area (Å²) in [6.07, 6.45) is 18.3. The van der Waals surface area contributed by atoms with E-state index in [-0.39, 0.29) is 29.6 Å². The first-order valence-electron chi connectivity index (χ1n) is 8.10. The normalized spacial score (nSPS) is 12.2. The molecule has 0 aromatic rings. The third-order valence-electron chi connectivity index (χ3n) is 3.75. The van der Waals surface area contributed by atoms with Crippen molar-refractivity contribution in [3.63, 3.8) is 0 Å². The van der Waals surface area contributed by atoms with Gasteiger partial charge in [-0.05, 0) is 5.92 Å². The molecule has 0 rings (SSSR count). The van der Waals surface area contributed by atoms with Crippen molar-refractivity contribution in [2.24, 2.45) is 5.92 Å². The molecule has 0 nitrogen and oxygen atoms in total. The van der Waals surface area contributed by atoms with Gasteiger partial charge in [-0.25, -0.2) is 0 Å². The molecule has 0 saturated carbocycles. The predicted molar refractivity (Wildman–Crippen MR) is 87.4 cm³/mol. The number of hydrogen-bond acceptors (Lipinski definition) is 0. The van der Waals surface area contributed by atoms with Gasteiger partial charge in [0.2, 0.25) is 0 Å². The molecule has 1 heteroatoms. The molecule has 1 radical (unpaired) electrons. The van der Waals surface area contributed by atoms with Crippen LogP contribution in [0.3, 0.4) is 0 Å². The molecule has 0 fully saturated rings. The van der Waals surface area contributed by atoms with Crippen molar-refractivity contribution in [3.8, 4) is 0 Å². The Labute approximate surface area is 139 Å². The maximum atomic E-state index is 3.89. The van der Waals surface area contributed by atoms with E-state index in [0.717, 1.165) is 12.3 Å². The minimum absolute atomic E-state index is 0. The molecule has 105 valence electrons. The van der Waals surface area contributed by atoms with Crippen molar-refractivity contribution >= 4 is 29.6 Å². The zero-order chi connectivity index (χ0) is 12.8. The molecule has 0 aromatic heterocycles. The first-order valence-corrected chi connectivity index (χ1v) is 8.10. The third kappa shape index (κ3) is 17.0. The summed E-state index contributed by atoms with van der Waals surface area (Å²) in [6.45, 7) is 8.61. The number of rotatable bonds is 13. The third-order valence-corrected chi connectivity index (χ3v) is 3.75. The molecule has 0 spiro atoms. The molecule has 0 aliphatic rings. The standard InChI is InChI=1S/C17H35.Na.H/c1-4-6-8-10-11-12-14-16-17(3)15-13-9-7-5-2;;/h17H,2,4-16H2,1,3H3;;. The summed E-state index contributed by atoms with van der Waals surface area (Å²) >= 11 is 0. The van der Waals surface area contributed by atoms with E-state index in [1.807, 2.05) is 0 Å². The van der Waals surface area contributed by atoms with Gasteiger partial charge in [-0.2, -0.15) is 0 Å². The Balaban J connectivity index is 0. The average molecular weight is 263 g/mol. The van der Waals surface area contributed by atoms with Crippen LogP contribution in [0.1, 0.15) is 97.3 Å². The van der Waals surface area contributed by atoms with E-state index >= 15 is 0 Å². The van der Waals surface area contributed by atoms with Crippen molar-refractivity contribution in [3.05, 3.63) is 6.92 Å². The van der Waals surface area contributed by atoms with Crippen molar-refractivity contribution in [2.75, 3.05) is 0 Å². The van der Waals surface area contributed by atoms with Crippen molar-refractivity contribution in [2.45, 2.75) is 97.3 Å². The molecule has 0 aromatic carbocycles. The van der Waals surface area contributed by atoms with Crippen LogP contribution in [0.15, 0.2) is 0 Å². The van der Waals surface area contributed by atoms with Gasteiger partial charge in [-0.1, -0.05) is 104 Å². The first-order chi connectivity index (χ1) is 8.31. The molecular formula is C17H36Na. The van der Waals surface area contributed by atoms with Crippen molar-refractivity contribution in [1.82, 2.24) is 0 Å². The molecule has 0 bridgehead atoms. The van der Waals surface area contributed by atoms with E-state index in [0.29, 0.717) is 0 Å².